The molecule has 4 rings (SSSR count). The van der Waals surface area contributed by atoms with Crippen LogP contribution in [0.3, 0.4) is 0 Å². The van der Waals surface area contributed by atoms with Crippen molar-refractivity contribution in [3.63, 3.8) is 0 Å². The lowest BCUT2D eigenvalue weighted by Crippen LogP contribution is -2.21. The van der Waals surface area contributed by atoms with Crippen LogP contribution >= 0.6 is 0 Å². The van der Waals surface area contributed by atoms with Crippen LogP contribution in [0.4, 0.5) is 0 Å². The summed E-state index contributed by atoms with van der Waals surface area (Å²) in [5.41, 5.74) is 2.27. The molecular formula is C17H16O2. The maximum Gasteiger partial charge on any atom is 0.160 e. The van der Waals surface area contributed by atoms with Gasteiger partial charge in [0.15, 0.2) is 5.78 Å². The van der Waals surface area contributed by atoms with Gasteiger partial charge in [0.25, 0.3) is 0 Å². The summed E-state index contributed by atoms with van der Waals surface area (Å²) in [6, 6.07) is 8.02. The van der Waals surface area contributed by atoms with Gasteiger partial charge in [0, 0.05) is 17.4 Å². The van der Waals surface area contributed by atoms with Crippen LogP contribution in [0, 0.1) is 23.7 Å². The fraction of sp³-hybridized carbons (Fsp3) is 0.353. The third kappa shape index (κ3) is 1.40. The predicted octanol–water partition coefficient (Wildman–Crippen LogP) is 3.10. The van der Waals surface area contributed by atoms with Gasteiger partial charge in [-0.3, -0.25) is 4.79 Å². The Kier molecular flexibility index (Phi) is 2.22. The summed E-state index contributed by atoms with van der Waals surface area (Å²) in [4.78, 5) is 12.3. The molecule has 2 heteroatoms. The maximum atomic E-state index is 12.3. The fourth-order valence-electron chi connectivity index (χ4n) is 4.12. The number of carbonyl (C=O) groups excluding carboxylic acids is 1. The molecule has 0 unspecified atom stereocenters. The van der Waals surface area contributed by atoms with Gasteiger partial charge in [-0.25, -0.2) is 0 Å². The molecule has 1 fully saturated rings. The third-order valence-corrected chi connectivity index (χ3v) is 4.86. The Hall–Kier alpha value is -1.83. The maximum absolute atomic E-state index is 12.3. The first-order chi connectivity index (χ1) is 9.29. The van der Waals surface area contributed by atoms with Gasteiger partial charge in [0.2, 0.25) is 0 Å². The Labute approximate surface area is 112 Å². The Morgan fingerprint density at radius 2 is 1.84 bits per heavy atom. The van der Waals surface area contributed by atoms with Crippen molar-refractivity contribution in [1.82, 2.24) is 0 Å². The molecule has 0 aliphatic heterocycles. The van der Waals surface area contributed by atoms with Gasteiger partial charge >= 0.3 is 0 Å². The zero-order valence-corrected chi connectivity index (χ0v) is 10.9. The summed E-state index contributed by atoms with van der Waals surface area (Å²) in [5, 5.41) is 0. The van der Waals surface area contributed by atoms with Crippen molar-refractivity contribution in [2.45, 2.75) is 6.42 Å². The van der Waals surface area contributed by atoms with Crippen LogP contribution < -0.4 is 4.74 Å². The molecule has 1 saturated carbocycles. The lowest BCUT2D eigenvalue weighted by Gasteiger charge is -2.23. The van der Waals surface area contributed by atoms with Crippen LogP contribution in [-0.4, -0.2) is 12.9 Å². The Balaban J connectivity index is 1.82. The molecule has 1 aromatic rings. The van der Waals surface area contributed by atoms with E-state index in [0.29, 0.717) is 23.5 Å². The zero-order valence-electron chi connectivity index (χ0n) is 10.9. The van der Waals surface area contributed by atoms with E-state index in [9.17, 15) is 4.79 Å². The van der Waals surface area contributed by atoms with Gasteiger partial charge in [-0.05, 0) is 36.0 Å². The van der Waals surface area contributed by atoms with Crippen molar-refractivity contribution >= 4 is 11.4 Å². The van der Waals surface area contributed by atoms with E-state index in [4.69, 9.17) is 4.74 Å². The summed E-state index contributed by atoms with van der Waals surface area (Å²) in [6.07, 6.45) is 7.54. The van der Waals surface area contributed by atoms with Crippen LogP contribution in [0.25, 0.3) is 5.57 Å². The number of hydrogen-bond donors (Lipinski definition) is 0. The van der Waals surface area contributed by atoms with E-state index in [1.165, 1.54) is 5.57 Å². The molecule has 96 valence electrons. The normalized spacial score (nSPS) is 34.6. The second-order valence-electron chi connectivity index (χ2n) is 5.70. The molecule has 0 spiro atoms. The minimum Gasteiger partial charge on any atom is -0.496 e. The molecular weight excluding hydrogens is 236 g/mol. The molecule has 1 aromatic carbocycles. The average Bonchev–Trinajstić information content (AvgIpc) is 3.12. The molecule has 0 aromatic heterocycles. The van der Waals surface area contributed by atoms with Crippen molar-refractivity contribution in [2.75, 3.05) is 7.11 Å². The highest BCUT2D eigenvalue weighted by atomic mass is 16.5. The molecule has 2 nitrogen and oxygen atoms in total. The molecule has 0 amide bonds. The number of allylic oxidation sites excluding steroid dienone is 4. The molecule has 0 saturated heterocycles. The number of rotatable bonds is 2. The van der Waals surface area contributed by atoms with Crippen molar-refractivity contribution in [3.05, 3.63) is 48.1 Å². The fourth-order valence-corrected chi connectivity index (χ4v) is 4.12. The van der Waals surface area contributed by atoms with Gasteiger partial charge < -0.3 is 4.74 Å². The first-order valence-corrected chi connectivity index (χ1v) is 6.87. The number of para-hydroxylation sites is 1. The van der Waals surface area contributed by atoms with Crippen molar-refractivity contribution in [3.8, 4) is 5.75 Å². The van der Waals surface area contributed by atoms with Crippen LogP contribution in [-0.2, 0) is 4.79 Å². The lowest BCUT2D eigenvalue weighted by molar-refractivity contribution is -0.118. The van der Waals surface area contributed by atoms with E-state index in [1.807, 2.05) is 24.3 Å². The molecule has 3 aliphatic carbocycles. The number of ketones is 1. The van der Waals surface area contributed by atoms with Gasteiger partial charge in [0.1, 0.15) is 5.75 Å². The Morgan fingerprint density at radius 1 is 1.11 bits per heavy atom. The average molecular weight is 252 g/mol. The molecule has 2 bridgehead atoms. The van der Waals surface area contributed by atoms with Crippen LogP contribution in [0.5, 0.6) is 5.75 Å². The Bertz CT molecular complexity index is 611. The minimum atomic E-state index is 0.190. The summed E-state index contributed by atoms with van der Waals surface area (Å²) < 4.78 is 5.45. The highest BCUT2D eigenvalue weighted by Gasteiger charge is 2.52. The number of carbonyl (C=O) groups is 1. The van der Waals surface area contributed by atoms with E-state index < -0.39 is 0 Å². The molecule has 0 radical (unpaired) electrons. The second kappa shape index (κ2) is 3.83. The quantitative estimate of drug-likeness (QED) is 0.756. The van der Waals surface area contributed by atoms with Gasteiger partial charge in [0.05, 0.1) is 7.11 Å². The lowest BCUT2D eigenvalue weighted by atomic mass is 9.80. The summed E-state index contributed by atoms with van der Waals surface area (Å²) in [5.74, 6) is 2.74. The SMILES string of the molecule is COc1ccccc1C1=CC(=O)[C@H]2[C@@H]1[C@@H]1C=C[C@H]2C1. The topological polar surface area (TPSA) is 26.3 Å². The summed E-state index contributed by atoms with van der Waals surface area (Å²) >= 11 is 0. The van der Waals surface area contributed by atoms with Crippen molar-refractivity contribution < 1.29 is 9.53 Å². The van der Waals surface area contributed by atoms with E-state index in [-0.39, 0.29) is 5.92 Å². The van der Waals surface area contributed by atoms with E-state index >= 15 is 0 Å². The van der Waals surface area contributed by atoms with E-state index in [1.54, 1.807) is 7.11 Å². The molecule has 0 N–H and O–H groups in total. The number of benzene rings is 1. The summed E-state index contributed by atoms with van der Waals surface area (Å²) in [6.45, 7) is 0. The van der Waals surface area contributed by atoms with E-state index in [0.717, 1.165) is 17.7 Å². The molecule has 4 atom stereocenters. The van der Waals surface area contributed by atoms with Gasteiger partial charge in [-0.2, -0.15) is 0 Å². The first kappa shape index (κ1) is 11.0. The monoisotopic (exact) mass is 252 g/mol. The predicted molar refractivity (Wildman–Crippen MR) is 73.7 cm³/mol. The highest BCUT2D eigenvalue weighted by molar-refractivity contribution is 6.06. The molecule has 19 heavy (non-hydrogen) atoms. The standard InChI is InChI=1S/C17H16O2/c1-19-15-5-3-2-4-12(15)13-9-14(18)17-11-7-6-10(8-11)16(13)17/h2-7,9-11,16-17H,8H2,1H3/t10-,11+,16-,17+/m1/s1. The minimum absolute atomic E-state index is 0.190. The van der Waals surface area contributed by atoms with Crippen molar-refractivity contribution in [1.29, 1.82) is 0 Å². The largest absolute Gasteiger partial charge is 0.496 e. The van der Waals surface area contributed by atoms with E-state index in [2.05, 4.69) is 18.2 Å². The third-order valence-electron chi connectivity index (χ3n) is 4.86. The number of methoxy groups -OCH3 is 1. The Morgan fingerprint density at radius 3 is 2.63 bits per heavy atom. The number of hydrogen-bond acceptors (Lipinski definition) is 2. The number of fused-ring (bicyclic) bond motifs is 5. The molecule has 0 heterocycles. The van der Waals surface area contributed by atoms with Crippen molar-refractivity contribution in [2.24, 2.45) is 23.7 Å². The number of ether oxygens (including phenoxy) is 1. The van der Waals surface area contributed by atoms with Crippen LogP contribution in [0.2, 0.25) is 0 Å². The highest BCUT2D eigenvalue weighted by Crippen LogP contribution is 2.57. The van der Waals surface area contributed by atoms with Crippen LogP contribution in [0.1, 0.15) is 12.0 Å². The second-order valence-corrected chi connectivity index (χ2v) is 5.70. The molecule has 3 aliphatic rings. The van der Waals surface area contributed by atoms with Gasteiger partial charge in [-0.15, -0.1) is 0 Å². The summed E-state index contributed by atoms with van der Waals surface area (Å²) in [7, 11) is 1.69. The first-order valence-electron chi connectivity index (χ1n) is 6.87. The zero-order chi connectivity index (χ0) is 13.0. The van der Waals surface area contributed by atoms with Gasteiger partial charge in [-0.1, -0.05) is 30.4 Å². The van der Waals surface area contributed by atoms with Crippen LogP contribution in [0.15, 0.2) is 42.5 Å². The smallest absolute Gasteiger partial charge is 0.160 e.